The summed E-state index contributed by atoms with van der Waals surface area (Å²) >= 11 is 1.79. The number of thioether (sulfide) groups is 1. The van der Waals surface area contributed by atoms with Gasteiger partial charge < -0.3 is 9.47 Å². The first kappa shape index (κ1) is 8.92. The number of rotatable bonds is 3. The molecule has 0 aromatic carbocycles. The number of hydrogen-bond acceptors (Lipinski definition) is 3. The van der Waals surface area contributed by atoms with Gasteiger partial charge in [-0.3, -0.25) is 0 Å². The summed E-state index contributed by atoms with van der Waals surface area (Å²) in [4.78, 5) is 0. The van der Waals surface area contributed by atoms with Crippen molar-refractivity contribution >= 4 is 11.8 Å². The zero-order chi connectivity index (χ0) is 8.10. The van der Waals surface area contributed by atoms with Crippen LogP contribution >= 0.6 is 11.8 Å². The van der Waals surface area contributed by atoms with Crippen molar-refractivity contribution in [2.24, 2.45) is 0 Å². The molecule has 1 aliphatic heterocycles. The van der Waals surface area contributed by atoms with Crippen LogP contribution in [0.1, 0.15) is 6.92 Å². The molecule has 3 heteroatoms. The molecule has 0 aromatic rings. The van der Waals surface area contributed by atoms with Gasteiger partial charge in [0, 0.05) is 5.75 Å². The zero-order valence-corrected chi connectivity index (χ0v) is 7.39. The minimum absolute atomic E-state index is 0.193. The number of hydrogen-bond donors (Lipinski definition) is 0. The highest BCUT2D eigenvalue weighted by Gasteiger charge is 2.21. The lowest BCUT2D eigenvalue weighted by Crippen LogP contribution is -2.14. The Kier molecular flexibility index (Phi) is 3.78. The Morgan fingerprint density at radius 2 is 2.64 bits per heavy atom. The molecule has 0 aromatic heterocycles. The molecule has 1 saturated heterocycles. The molecule has 0 saturated carbocycles. The maximum atomic E-state index is 5.48. The van der Waals surface area contributed by atoms with Crippen LogP contribution in [0.3, 0.4) is 0 Å². The first-order chi connectivity index (χ1) is 5.33. The molecule has 1 aliphatic rings. The van der Waals surface area contributed by atoms with E-state index >= 15 is 0 Å². The van der Waals surface area contributed by atoms with Crippen molar-refractivity contribution < 1.29 is 9.47 Å². The predicted molar refractivity (Wildman–Crippen MR) is 46.4 cm³/mol. The summed E-state index contributed by atoms with van der Waals surface area (Å²) in [5.74, 6) is 3.48. The molecule has 1 rings (SSSR count). The van der Waals surface area contributed by atoms with Crippen LogP contribution in [0.4, 0.5) is 0 Å². The Morgan fingerprint density at radius 1 is 1.82 bits per heavy atom. The third-order valence-electron chi connectivity index (χ3n) is 1.34. The minimum atomic E-state index is 0.193. The largest absolute Gasteiger partial charge is 0.365 e. The highest BCUT2D eigenvalue weighted by Crippen LogP contribution is 2.24. The van der Waals surface area contributed by atoms with Crippen LogP contribution in [0.5, 0.6) is 0 Å². The third-order valence-corrected chi connectivity index (χ3v) is 2.62. The normalized spacial score (nSPS) is 30.2. The molecule has 0 radical (unpaired) electrons. The molecule has 62 valence electrons. The van der Waals surface area contributed by atoms with Crippen LogP contribution in [0.2, 0.25) is 0 Å². The van der Waals surface area contributed by atoms with Gasteiger partial charge in [0.05, 0.1) is 12.7 Å². The first-order valence-corrected chi connectivity index (χ1v) is 4.66. The molecule has 0 spiro atoms. The lowest BCUT2D eigenvalue weighted by molar-refractivity contribution is 0.0222. The van der Waals surface area contributed by atoms with Gasteiger partial charge in [0.1, 0.15) is 12.0 Å². The van der Waals surface area contributed by atoms with Gasteiger partial charge in [-0.05, 0) is 6.92 Å². The highest BCUT2D eigenvalue weighted by atomic mass is 32.2. The van der Waals surface area contributed by atoms with Crippen LogP contribution in [-0.4, -0.2) is 30.5 Å². The van der Waals surface area contributed by atoms with Gasteiger partial charge >= 0.3 is 0 Å². The second kappa shape index (κ2) is 4.66. The fourth-order valence-corrected chi connectivity index (χ4v) is 1.91. The molecule has 2 atom stereocenters. The van der Waals surface area contributed by atoms with Crippen molar-refractivity contribution in [2.75, 3.05) is 19.0 Å². The standard InChI is InChI=1S/C8H12O2S/c1-3-4-9-5-8-10-7(2)6-11-8/h1,7-8H,4-6H2,2H3/t7-,8-/m0/s1. The van der Waals surface area contributed by atoms with E-state index < -0.39 is 0 Å². The van der Waals surface area contributed by atoms with Gasteiger partial charge in [-0.15, -0.1) is 18.2 Å². The smallest absolute Gasteiger partial charge is 0.127 e. The van der Waals surface area contributed by atoms with E-state index in [0.717, 1.165) is 5.75 Å². The van der Waals surface area contributed by atoms with Gasteiger partial charge in [-0.1, -0.05) is 5.92 Å². The van der Waals surface area contributed by atoms with E-state index in [2.05, 4.69) is 12.8 Å². The van der Waals surface area contributed by atoms with Gasteiger partial charge in [0.25, 0.3) is 0 Å². The quantitative estimate of drug-likeness (QED) is 0.469. The molecular weight excluding hydrogens is 160 g/mol. The molecule has 0 N–H and O–H groups in total. The minimum Gasteiger partial charge on any atom is -0.365 e. The summed E-state index contributed by atoms with van der Waals surface area (Å²) in [6, 6.07) is 0. The van der Waals surface area contributed by atoms with Crippen LogP contribution in [-0.2, 0) is 9.47 Å². The van der Waals surface area contributed by atoms with Gasteiger partial charge in [0.15, 0.2) is 0 Å². The molecule has 1 fully saturated rings. The SMILES string of the molecule is C#CCOC[C@H]1O[C@@H](C)CS1. The Labute approximate surface area is 71.6 Å². The monoisotopic (exact) mass is 172 g/mol. The summed E-state index contributed by atoms with van der Waals surface area (Å²) in [7, 11) is 0. The van der Waals surface area contributed by atoms with Crippen molar-refractivity contribution in [3.63, 3.8) is 0 Å². The molecular formula is C8H12O2S. The van der Waals surface area contributed by atoms with Gasteiger partial charge in [0.2, 0.25) is 0 Å². The maximum Gasteiger partial charge on any atom is 0.127 e. The third kappa shape index (κ3) is 3.15. The van der Waals surface area contributed by atoms with Crippen LogP contribution in [0.15, 0.2) is 0 Å². The van der Waals surface area contributed by atoms with Crippen molar-refractivity contribution in [3.05, 3.63) is 0 Å². The Hall–Kier alpha value is -0.170. The molecule has 2 nitrogen and oxygen atoms in total. The van der Waals surface area contributed by atoms with Crippen molar-refractivity contribution in [1.29, 1.82) is 0 Å². The average molecular weight is 172 g/mol. The average Bonchev–Trinajstić information content (AvgIpc) is 2.37. The molecule has 0 bridgehead atoms. The Morgan fingerprint density at radius 3 is 3.18 bits per heavy atom. The van der Waals surface area contributed by atoms with Gasteiger partial charge in [-0.2, -0.15) is 0 Å². The summed E-state index contributed by atoms with van der Waals surface area (Å²) in [6.07, 6.45) is 5.38. The Balaban J connectivity index is 2.05. The lowest BCUT2D eigenvalue weighted by atomic mass is 10.5. The zero-order valence-electron chi connectivity index (χ0n) is 6.58. The Bertz CT molecular complexity index is 153. The van der Waals surface area contributed by atoms with E-state index in [0.29, 0.717) is 19.3 Å². The highest BCUT2D eigenvalue weighted by molar-refractivity contribution is 8.00. The van der Waals surface area contributed by atoms with Crippen LogP contribution in [0.25, 0.3) is 0 Å². The van der Waals surface area contributed by atoms with Crippen LogP contribution in [0, 0.1) is 12.3 Å². The van der Waals surface area contributed by atoms with Crippen molar-refractivity contribution in [1.82, 2.24) is 0 Å². The summed E-state index contributed by atoms with van der Waals surface area (Å²) < 4.78 is 10.6. The molecule has 11 heavy (non-hydrogen) atoms. The molecule has 0 unspecified atom stereocenters. The fourth-order valence-electron chi connectivity index (χ4n) is 0.882. The van der Waals surface area contributed by atoms with Crippen molar-refractivity contribution in [3.8, 4) is 12.3 Å². The second-order valence-electron chi connectivity index (χ2n) is 2.43. The van der Waals surface area contributed by atoms with E-state index in [1.165, 1.54) is 0 Å². The predicted octanol–water partition coefficient (Wildman–Crippen LogP) is 1.11. The van der Waals surface area contributed by atoms with E-state index in [9.17, 15) is 0 Å². The van der Waals surface area contributed by atoms with E-state index in [1.807, 2.05) is 0 Å². The molecule has 0 amide bonds. The number of ether oxygens (including phenoxy) is 2. The summed E-state index contributed by atoms with van der Waals surface area (Å²) in [6.45, 7) is 3.06. The molecule has 0 aliphatic carbocycles. The van der Waals surface area contributed by atoms with E-state index in [-0.39, 0.29) is 5.44 Å². The summed E-state index contributed by atoms with van der Waals surface area (Å²) in [5, 5.41) is 0. The number of terminal acetylenes is 1. The second-order valence-corrected chi connectivity index (χ2v) is 3.62. The van der Waals surface area contributed by atoms with E-state index in [1.54, 1.807) is 11.8 Å². The van der Waals surface area contributed by atoms with Crippen LogP contribution < -0.4 is 0 Å². The lowest BCUT2D eigenvalue weighted by Gasteiger charge is -2.08. The van der Waals surface area contributed by atoms with E-state index in [4.69, 9.17) is 15.9 Å². The fraction of sp³-hybridized carbons (Fsp3) is 0.750. The van der Waals surface area contributed by atoms with Gasteiger partial charge in [-0.25, -0.2) is 0 Å². The maximum absolute atomic E-state index is 5.48. The first-order valence-electron chi connectivity index (χ1n) is 3.61. The topological polar surface area (TPSA) is 18.5 Å². The molecule has 1 heterocycles. The van der Waals surface area contributed by atoms with Crippen molar-refractivity contribution in [2.45, 2.75) is 18.5 Å². The summed E-state index contributed by atoms with van der Waals surface area (Å²) in [5.41, 5.74) is 0.193.